The van der Waals surface area contributed by atoms with E-state index in [0.717, 1.165) is 53.8 Å². The van der Waals surface area contributed by atoms with Gasteiger partial charge >= 0.3 is 5.97 Å². The molecule has 0 bridgehead atoms. The first kappa shape index (κ1) is 24.5. The third kappa shape index (κ3) is 6.72. The van der Waals surface area contributed by atoms with E-state index in [-0.39, 0.29) is 18.2 Å². The van der Waals surface area contributed by atoms with Crippen LogP contribution in [-0.2, 0) is 29.0 Å². The van der Waals surface area contributed by atoms with Crippen molar-refractivity contribution in [2.45, 2.75) is 58.4 Å². The van der Waals surface area contributed by atoms with Gasteiger partial charge in [0.1, 0.15) is 11.5 Å². The molecular weight excluding hydrogens is 444 g/mol. The number of carbonyl (C=O) groups excluding carboxylic acids is 1. The lowest BCUT2D eigenvalue weighted by atomic mass is 10.0. The summed E-state index contributed by atoms with van der Waals surface area (Å²) in [6.07, 6.45) is 5.12. The zero-order valence-electron chi connectivity index (χ0n) is 20.1. The molecule has 1 aliphatic rings. The first-order chi connectivity index (χ1) is 17.0. The molecule has 0 aliphatic heterocycles. The number of carbonyl (C=O) groups is 2. The molecule has 35 heavy (non-hydrogen) atoms. The van der Waals surface area contributed by atoms with Gasteiger partial charge in [0, 0.05) is 30.9 Å². The van der Waals surface area contributed by atoms with E-state index < -0.39 is 5.97 Å². The number of aryl methyl sites for hydroxylation is 2. The van der Waals surface area contributed by atoms with E-state index in [4.69, 9.17) is 14.3 Å². The fraction of sp³-hybridized carbons (Fsp3) is 0.393. The molecule has 1 aromatic heterocycles. The van der Waals surface area contributed by atoms with Crippen molar-refractivity contribution in [1.82, 2.24) is 10.3 Å². The Balaban J connectivity index is 1.38. The van der Waals surface area contributed by atoms with E-state index >= 15 is 0 Å². The van der Waals surface area contributed by atoms with Crippen LogP contribution in [0.2, 0.25) is 0 Å². The van der Waals surface area contributed by atoms with Gasteiger partial charge in [0.05, 0.1) is 12.3 Å². The summed E-state index contributed by atoms with van der Waals surface area (Å²) in [6.45, 7) is 2.69. The highest BCUT2D eigenvalue weighted by Gasteiger charge is 2.22. The lowest BCUT2D eigenvalue weighted by Crippen LogP contribution is -2.29. The second kappa shape index (κ2) is 11.7. The molecule has 2 N–H and O–H groups in total. The van der Waals surface area contributed by atoms with Crippen molar-refractivity contribution in [2.75, 3.05) is 6.61 Å². The van der Waals surface area contributed by atoms with Crippen LogP contribution in [0.4, 0.5) is 0 Å². The topological polar surface area (TPSA) is 102 Å². The number of nitrogens with one attached hydrogen (secondary N) is 1. The predicted molar refractivity (Wildman–Crippen MR) is 132 cm³/mol. The van der Waals surface area contributed by atoms with Crippen molar-refractivity contribution >= 4 is 11.9 Å². The number of hydrogen-bond donors (Lipinski definition) is 2. The molecular formula is C28H32N2O5. The molecule has 4 rings (SSSR count). The van der Waals surface area contributed by atoms with Crippen LogP contribution in [0.25, 0.3) is 11.5 Å². The van der Waals surface area contributed by atoms with Gasteiger partial charge in [0.25, 0.3) is 0 Å². The van der Waals surface area contributed by atoms with Gasteiger partial charge in [-0.15, -0.1) is 0 Å². The summed E-state index contributed by atoms with van der Waals surface area (Å²) in [5.41, 5.74) is 3.58. The molecule has 7 heteroatoms. The molecule has 2 aromatic carbocycles. The minimum absolute atomic E-state index is 0.0406. The summed E-state index contributed by atoms with van der Waals surface area (Å²) in [7, 11) is 0. The van der Waals surface area contributed by atoms with Gasteiger partial charge in [-0.1, -0.05) is 37.1 Å². The van der Waals surface area contributed by atoms with E-state index in [1.807, 2.05) is 55.5 Å². The zero-order chi connectivity index (χ0) is 24.6. The van der Waals surface area contributed by atoms with E-state index in [1.54, 1.807) is 0 Å². The predicted octanol–water partition coefficient (Wildman–Crippen LogP) is 5.10. The number of carboxylic acid groups (broad SMARTS) is 1. The zero-order valence-corrected chi connectivity index (χ0v) is 20.1. The Labute approximate surface area is 205 Å². The van der Waals surface area contributed by atoms with Gasteiger partial charge in [0.2, 0.25) is 11.8 Å². The average Bonchev–Trinajstić information content (AvgIpc) is 3.53. The minimum atomic E-state index is -0.843. The lowest BCUT2D eigenvalue weighted by molar-refractivity contribution is -0.137. The summed E-state index contributed by atoms with van der Waals surface area (Å²) in [5.74, 6) is 1.37. The first-order valence-corrected chi connectivity index (χ1v) is 12.3. The SMILES string of the molecule is Cc1oc(-c2ccccc2)nc1CCOc1ccc(CCC(=O)O)c(CNC(=O)C2CCCC2)c1. The summed E-state index contributed by atoms with van der Waals surface area (Å²) in [4.78, 5) is 28.2. The number of ether oxygens (including phenoxy) is 1. The van der Waals surface area contributed by atoms with Gasteiger partial charge in [-0.2, -0.15) is 0 Å². The number of hydrogen-bond acceptors (Lipinski definition) is 5. The number of oxazole rings is 1. The number of rotatable bonds is 11. The minimum Gasteiger partial charge on any atom is -0.493 e. The summed E-state index contributed by atoms with van der Waals surface area (Å²) in [6, 6.07) is 15.4. The highest BCUT2D eigenvalue weighted by Crippen LogP contribution is 2.26. The van der Waals surface area contributed by atoms with Gasteiger partial charge < -0.3 is 19.6 Å². The average molecular weight is 477 g/mol. The fourth-order valence-corrected chi connectivity index (χ4v) is 4.49. The number of carboxylic acids is 1. The summed E-state index contributed by atoms with van der Waals surface area (Å²) in [5, 5.41) is 12.1. The fourth-order valence-electron chi connectivity index (χ4n) is 4.49. The van der Waals surface area contributed by atoms with Crippen LogP contribution < -0.4 is 10.1 Å². The Bertz CT molecular complexity index is 1150. The Morgan fingerprint density at radius 2 is 1.86 bits per heavy atom. The quantitative estimate of drug-likeness (QED) is 0.399. The maximum absolute atomic E-state index is 12.5. The maximum Gasteiger partial charge on any atom is 0.303 e. The van der Waals surface area contributed by atoms with E-state index in [0.29, 0.717) is 37.6 Å². The molecule has 3 aromatic rings. The number of amides is 1. The molecule has 0 atom stereocenters. The second-order valence-corrected chi connectivity index (χ2v) is 9.01. The number of aliphatic carboxylic acids is 1. The Morgan fingerprint density at radius 1 is 1.09 bits per heavy atom. The number of aromatic nitrogens is 1. The number of benzene rings is 2. The van der Waals surface area contributed by atoms with Gasteiger partial charge in [-0.25, -0.2) is 4.98 Å². The second-order valence-electron chi connectivity index (χ2n) is 9.01. The Morgan fingerprint density at radius 3 is 2.60 bits per heavy atom. The molecule has 184 valence electrons. The van der Waals surface area contributed by atoms with Crippen molar-refractivity contribution in [2.24, 2.45) is 5.92 Å². The van der Waals surface area contributed by atoms with Crippen LogP contribution in [0.3, 0.4) is 0 Å². The highest BCUT2D eigenvalue weighted by molar-refractivity contribution is 5.78. The van der Waals surface area contributed by atoms with Crippen molar-refractivity contribution < 1.29 is 23.8 Å². The third-order valence-corrected chi connectivity index (χ3v) is 6.49. The van der Waals surface area contributed by atoms with Crippen LogP contribution >= 0.6 is 0 Å². The van der Waals surface area contributed by atoms with Crippen LogP contribution in [-0.4, -0.2) is 28.6 Å². The van der Waals surface area contributed by atoms with Crippen molar-refractivity contribution in [3.8, 4) is 17.2 Å². The number of nitrogens with zero attached hydrogens (tertiary/aromatic N) is 1. The van der Waals surface area contributed by atoms with Crippen molar-refractivity contribution in [1.29, 1.82) is 0 Å². The highest BCUT2D eigenvalue weighted by atomic mass is 16.5. The molecule has 0 unspecified atom stereocenters. The maximum atomic E-state index is 12.5. The van der Waals surface area contributed by atoms with Gasteiger partial charge in [-0.05, 0) is 61.6 Å². The van der Waals surface area contributed by atoms with Crippen molar-refractivity contribution in [3.05, 3.63) is 71.1 Å². The molecule has 1 aliphatic carbocycles. The molecule has 0 spiro atoms. The molecule has 1 heterocycles. The van der Waals surface area contributed by atoms with E-state index in [1.165, 1.54) is 0 Å². The molecule has 0 saturated heterocycles. The largest absolute Gasteiger partial charge is 0.493 e. The van der Waals surface area contributed by atoms with Crippen molar-refractivity contribution in [3.63, 3.8) is 0 Å². The standard InChI is InChI=1S/C28H32N2O5/c1-19-25(30-28(35-19)22-9-3-2-4-10-22)15-16-34-24-13-11-20(12-14-26(31)32)23(17-24)18-29-27(33)21-7-5-6-8-21/h2-4,9-11,13,17,21H,5-8,12,14-16,18H2,1H3,(H,29,33)(H,31,32). The normalized spacial score (nSPS) is 13.6. The molecule has 1 saturated carbocycles. The van der Waals surface area contributed by atoms with Crippen LogP contribution in [0.5, 0.6) is 5.75 Å². The van der Waals surface area contributed by atoms with Gasteiger partial charge in [0.15, 0.2) is 0 Å². The van der Waals surface area contributed by atoms with Crippen LogP contribution in [0.1, 0.15) is 54.7 Å². The Hall–Kier alpha value is -3.61. The van der Waals surface area contributed by atoms with Gasteiger partial charge in [-0.3, -0.25) is 9.59 Å². The molecule has 1 amide bonds. The summed E-state index contributed by atoms with van der Waals surface area (Å²) >= 11 is 0. The first-order valence-electron chi connectivity index (χ1n) is 12.3. The smallest absolute Gasteiger partial charge is 0.303 e. The Kier molecular flexibility index (Phi) is 8.19. The van der Waals surface area contributed by atoms with E-state index in [2.05, 4.69) is 10.3 Å². The van der Waals surface area contributed by atoms with Crippen LogP contribution in [0.15, 0.2) is 52.9 Å². The lowest BCUT2D eigenvalue weighted by Gasteiger charge is -2.15. The van der Waals surface area contributed by atoms with E-state index in [9.17, 15) is 9.59 Å². The molecule has 0 radical (unpaired) electrons. The third-order valence-electron chi connectivity index (χ3n) is 6.49. The molecule has 7 nitrogen and oxygen atoms in total. The van der Waals surface area contributed by atoms with Crippen LogP contribution in [0, 0.1) is 12.8 Å². The monoisotopic (exact) mass is 476 g/mol. The summed E-state index contributed by atoms with van der Waals surface area (Å²) < 4.78 is 11.8. The molecule has 1 fully saturated rings.